The number of benzene rings is 3. The summed E-state index contributed by atoms with van der Waals surface area (Å²) in [6, 6.07) is 20.4. The van der Waals surface area contributed by atoms with Crippen LogP contribution in [0, 0.1) is 0 Å². The van der Waals surface area contributed by atoms with E-state index >= 15 is 0 Å². The van der Waals surface area contributed by atoms with Crippen molar-refractivity contribution in [2.45, 2.75) is 58.2 Å². The molecule has 0 saturated carbocycles. The van der Waals surface area contributed by atoms with E-state index in [0.29, 0.717) is 22.0 Å². The van der Waals surface area contributed by atoms with Gasteiger partial charge >= 0.3 is 0 Å². The van der Waals surface area contributed by atoms with Crippen molar-refractivity contribution >= 4 is 62.3 Å². The van der Waals surface area contributed by atoms with E-state index in [-0.39, 0.29) is 54.5 Å². The van der Waals surface area contributed by atoms with Crippen LogP contribution in [0.15, 0.2) is 72.8 Å². The van der Waals surface area contributed by atoms with E-state index < -0.39 is 16.1 Å². The van der Waals surface area contributed by atoms with Gasteiger partial charge in [0, 0.05) is 42.0 Å². The van der Waals surface area contributed by atoms with Crippen LogP contribution in [-0.4, -0.2) is 50.0 Å². The zero-order chi connectivity index (χ0) is 30.9. The number of carbonyl (C=O) groups excluding carboxylic acids is 2. The first-order chi connectivity index (χ1) is 19.9. The van der Waals surface area contributed by atoms with Gasteiger partial charge in [0.15, 0.2) is 0 Å². The normalized spacial score (nSPS) is 12.8. The number of sulfonamides is 1. The maximum Gasteiger partial charge on any atom is 0.243 e. The number of halogens is 3. The van der Waals surface area contributed by atoms with Crippen LogP contribution in [0.2, 0.25) is 15.1 Å². The minimum Gasteiger partial charge on any atom is -0.352 e. The van der Waals surface area contributed by atoms with E-state index in [9.17, 15) is 18.0 Å². The molecule has 0 unspecified atom stereocenters. The lowest BCUT2D eigenvalue weighted by atomic mass is 10.0. The fraction of sp³-hybridized carbons (Fsp3) is 0.355. The lowest BCUT2D eigenvalue weighted by Crippen LogP contribution is -2.52. The van der Waals surface area contributed by atoms with Gasteiger partial charge in [0.1, 0.15) is 6.04 Å². The first kappa shape index (κ1) is 33.7. The molecule has 3 aromatic carbocycles. The van der Waals surface area contributed by atoms with Crippen molar-refractivity contribution in [3.8, 4) is 0 Å². The van der Waals surface area contributed by atoms with E-state index in [2.05, 4.69) is 5.32 Å². The lowest BCUT2D eigenvalue weighted by Gasteiger charge is -2.33. The number of hydrogen-bond acceptors (Lipinski definition) is 4. The van der Waals surface area contributed by atoms with Crippen molar-refractivity contribution < 1.29 is 18.0 Å². The predicted octanol–water partition coefficient (Wildman–Crippen LogP) is 6.75. The Hall–Kier alpha value is -2.78. The molecule has 0 aliphatic rings. The van der Waals surface area contributed by atoms with Crippen LogP contribution in [0.25, 0.3) is 0 Å². The highest BCUT2D eigenvalue weighted by molar-refractivity contribution is 7.92. The maximum atomic E-state index is 13.9. The highest BCUT2D eigenvalue weighted by Gasteiger charge is 2.31. The van der Waals surface area contributed by atoms with Gasteiger partial charge < -0.3 is 10.2 Å². The molecule has 0 aromatic heterocycles. The zero-order valence-corrected chi connectivity index (χ0v) is 27.0. The largest absolute Gasteiger partial charge is 0.352 e. The summed E-state index contributed by atoms with van der Waals surface area (Å²) in [6.45, 7) is 3.99. The van der Waals surface area contributed by atoms with Crippen LogP contribution in [0.4, 0.5) is 5.69 Å². The Morgan fingerprint density at radius 3 is 2.24 bits per heavy atom. The highest BCUT2D eigenvalue weighted by atomic mass is 35.5. The number of nitrogens with one attached hydrogen (secondary N) is 1. The zero-order valence-electron chi connectivity index (χ0n) is 23.9. The summed E-state index contributed by atoms with van der Waals surface area (Å²) < 4.78 is 26.5. The Labute approximate surface area is 263 Å². The van der Waals surface area contributed by atoms with Crippen LogP contribution in [0.1, 0.15) is 44.2 Å². The molecule has 11 heteroatoms. The summed E-state index contributed by atoms with van der Waals surface area (Å²) in [5, 5.41) is 4.07. The summed E-state index contributed by atoms with van der Waals surface area (Å²) in [5.74, 6) is -0.571. The monoisotopic (exact) mass is 651 g/mol. The minimum absolute atomic E-state index is 0.00696. The number of amides is 2. The van der Waals surface area contributed by atoms with Crippen molar-refractivity contribution in [2.24, 2.45) is 0 Å². The Kier molecular flexibility index (Phi) is 12.5. The predicted molar refractivity (Wildman–Crippen MR) is 172 cm³/mol. The highest BCUT2D eigenvalue weighted by Crippen LogP contribution is 2.31. The first-order valence-electron chi connectivity index (χ1n) is 13.7. The molecule has 2 atom stereocenters. The third-order valence-electron chi connectivity index (χ3n) is 6.90. The molecule has 0 aliphatic carbocycles. The first-order valence-corrected chi connectivity index (χ1v) is 16.7. The van der Waals surface area contributed by atoms with Gasteiger partial charge in [-0.05, 0) is 55.2 Å². The fourth-order valence-electron chi connectivity index (χ4n) is 4.46. The van der Waals surface area contributed by atoms with Gasteiger partial charge in [-0.1, -0.05) is 90.3 Å². The molecule has 0 radical (unpaired) electrons. The van der Waals surface area contributed by atoms with Gasteiger partial charge in [-0.2, -0.15) is 0 Å². The molecular weight excluding hydrogens is 617 g/mol. The summed E-state index contributed by atoms with van der Waals surface area (Å²) in [6.07, 6.45) is 2.27. The second-order valence-electron chi connectivity index (χ2n) is 10.2. The average molecular weight is 653 g/mol. The van der Waals surface area contributed by atoms with Crippen LogP contribution < -0.4 is 9.62 Å². The van der Waals surface area contributed by atoms with Crippen molar-refractivity contribution in [1.82, 2.24) is 10.2 Å². The number of nitrogens with zero attached hydrogens (tertiary/aromatic N) is 2. The number of anilines is 1. The van der Waals surface area contributed by atoms with Gasteiger partial charge in [-0.3, -0.25) is 13.9 Å². The molecule has 1 N–H and O–H groups in total. The fourth-order valence-corrected chi connectivity index (χ4v) is 6.07. The molecule has 42 heavy (non-hydrogen) atoms. The number of rotatable bonds is 14. The topological polar surface area (TPSA) is 86.8 Å². The van der Waals surface area contributed by atoms with Crippen molar-refractivity contribution in [1.29, 1.82) is 0 Å². The second kappa shape index (κ2) is 15.6. The Balaban J connectivity index is 1.92. The molecule has 3 rings (SSSR count). The molecule has 0 heterocycles. The standard InChI is InChI=1S/C31H36Cl3N3O4S/c1-4-22(2)35-31(39)29(19-23-11-6-5-7-12-23)36(21-24-13-8-9-14-26(24)33)30(38)15-10-18-37(42(3,40)41)28-20-25(32)16-17-27(28)34/h5-9,11-14,16-17,20,22,29H,4,10,15,18-19,21H2,1-3H3,(H,35,39)/t22-,29-/m1/s1. The van der Waals surface area contributed by atoms with E-state index in [1.54, 1.807) is 23.1 Å². The van der Waals surface area contributed by atoms with Crippen molar-refractivity contribution in [2.75, 3.05) is 17.1 Å². The molecule has 0 aliphatic heterocycles. The molecule has 0 spiro atoms. The van der Waals surface area contributed by atoms with Crippen LogP contribution in [-0.2, 0) is 32.6 Å². The molecule has 226 valence electrons. The van der Waals surface area contributed by atoms with Gasteiger partial charge in [-0.25, -0.2) is 8.42 Å². The van der Waals surface area contributed by atoms with Crippen LogP contribution in [0.3, 0.4) is 0 Å². The van der Waals surface area contributed by atoms with E-state index in [1.165, 1.54) is 12.1 Å². The lowest BCUT2D eigenvalue weighted by molar-refractivity contribution is -0.141. The molecule has 2 amide bonds. The quantitative estimate of drug-likeness (QED) is 0.209. The molecule has 0 fully saturated rings. The van der Waals surface area contributed by atoms with E-state index in [0.717, 1.165) is 22.5 Å². The molecule has 0 bridgehead atoms. The second-order valence-corrected chi connectivity index (χ2v) is 13.3. The van der Waals surface area contributed by atoms with Crippen molar-refractivity contribution in [3.63, 3.8) is 0 Å². The minimum atomic E-state index is -3.73. The van der Waals surface area contributed by atoms with Crippen LogP contribution >= 0.6 is 34.8 Å². The smallest absolute Gasteiger partial charge is 0.243 e. The Morgan fingerprint density at radius 2 is 1.60 bits per heavy atom. The number of carbonyl (C=O) groups is 2. The van der Waals surface area contributed by atoms with Gasteiger partial charge in [-0.15, -0.1) is 0 Å². The molecular formula is C31H36Cl3N3O4S. The van der Waals surface area contributed by atoms with E-state index in [4.69, 9.17) is 34.8 Å². The molecule has 0 saturated heterocycles. The maximum absolute atomic E-state index is 13.9. The van der Waals surface area contributed by atoms with Gasteiger partial charge in [0.2, 0.25) is 21.8 Å². The SMILES string of the molecule is CC[C@@H](C)NC(=O)[C@@H](Cc1ccccc1)N(Cc1ccccc1Cl)C(=O)CCCN(c1cc(Cl)ccc1Cl)S(C)(=O)=O. The Morgan fingerprint density at radius 1 is 0.929 bits per heavy atom. The third kappa shape index (κ3) is 9.63. The Bertz CT molecular complexity index is 1470. The summed E-state index contributed by atoms with van der Waals surface area (Å²) in [7, 11) is -3.73. The molecule has 7 nitrogen and oxygen atoms in total. The summed E-state index contributed by atoms with van der Waals surface area (Å²) in [4.78, 5) is 29.1. The van der Waals surface area contributed by atoms with Crippen LogP contribution in [0.5, 0.6) is 0 Å². The summed E-state index contributed by atoms with van der Waals surface area (Å²) >= 11 is 18.9. The third-order valence-corrected chi connectivity index (χ3v) is 9.00. The van der Waals surface area contributed by atoms with Crippen molar-refractivity contribution in [3.05, 3.63) is 99.0 Å². The molecule has 3 aromatic rings. The summed E-state index contributed by atoms with van der Waals surface area (Å²) in [5.41, 5.74) is 1.84. The number of hydrogen-bond donors (Lipinski definition) is 1. The van der Waals surface area contributed by atoms with Gasteiger partial charge in [0.25, 0.3) is 0 Å². The van der Waals surface area contributed by atoms with E-state index in [1.807, 2.05) is 56.3 Å². The average Bonchev–Trinajstić information content (AvgIpc) is 2.95. The van der Waals surface area contributed by atoms with Gasteiger partial charge in [0.05, 0.1) is 17.0 Å².